The van der Waals surface area contributed by atoms with Crippen molar-refractivity contribution >= 4 is 80.9 Å². The highest BCUT2D eigenvalue weighted by Crippen LogP contribution is 2.68. The van der Waals surface area contributed by atoms with Crippen molar-refractivity contribution in [2.45, 2.75) is 291 Å². The summed E-state index contributed by atoms with van der Waals surface area (Å²) in [6, 6.07) is 0. The number of aromatic nitrogens is 12. The van der Waals surface area contributed by atoms with Crippen LogP contribution in [0.3, 0.4) is 0 Å². The summed E-state index contributed by atoms with van der Waals surface area (Å²) in [5, 5.41) is 22.9. The lowest BCUT2D eigenvalue weighted by Gasteiger charge is -2.58. The third-order valence-electron chi connectivity index (χ3n) is 26.4. The minimum atomic E-state index is -1.59. The Labute approximate surface area is 698 Å². The maximum Gasteiger partial charge on any atom is 0.413 e. The van der Waals surface area contributed by atoms with Gasteiger partial charge in [-0.3, -0.25) is 38.2 Å². The molecule has 0 unspecified atom stereocenters. The van der Waals surface area contributed by atoms with Gasteiger partial charge in [-0.1, -0.05) is 164 Å². The van der Waals surface area contributed by atoms with Gasteiger partial charge in [0.2, 0.25) is 11.2 Å². The number of amides is 1. The summed E-state index contributed by atoms with van der Waals surface area (Å²) in [5.41, 5.74) is 9.57. The van der Waals surface area contributed by atoms with E-state index in [9.17, 15) is 47.4 Å². The Bertz CT molecular complexity index is 4820. The maximum absolute atomic E-state index is 14.7. The number of rotatable bonds is 29. The Balaban J connectivity index is 0.000000183. The lowest BCUT2D eigenvalue weighted by Crippen LogP contribution is -2.51. The molecule has 4 aliphatic carbocycles. The van der Waals surface area contributed by atoms with Crippen LogP contribution in [0.2, 0.25) is 0 Å². The monoisotopic (exact) mass is 1670 g/mol. The van der Waals surface area contributed by atoms with E-state index in [-0.39, 0.29) is 114 Å². The number of ether oxygens (including phenoxy) is 8. The molecule has 3 aliphatic heterocycles. The minimum absolute atomic E-state index is 0.0301. The number of aliphatic hydroxyl groups is 2. The number of aliphatic hydroxyl groups excluding tert-OH is 2. The number of halogens is 3. The number of anilines is 3. The van der Waals surface area contributed by atoms with Gasteiger partial charge in [-0.25, -0.2) is 19.7 Å². The van der Waals surface area contributed by atoms with Crippen molar-refractivity contribution in [3.05, 3.63) is 48.9 Å². The van der Waals surface area contributed by atoms with Gasteiger partial charge in [0.15, 0.2) is 56.5 Å². The van der Waals surface area contributed by atoms with E-state index < -0.39 is 115 Å². The molecule has 0 radical (unpaired) electrons. The smallest absolute Gasteiger partial charge is 0.413 e. The number of nitrogens with two attached hydrogens (primary N) is 2. The van der Waals surface area contributed by atoms with E-state index >= 15 is 0 Å². The zero-order valence-corrected chi connectivity index (χ0v) is 71.0. The van der Waals surface area contributed by atoms with E-state index in [2.05, 4.69) is 129 Å². The highest BCUT2D eigenvalue weighted by Gasteiger charge is 2.60. The van der Waals surface area contributed by atoms with Crippen LogP contribution in [0.4, 0.5) is 35.4 Å². The van der Waals surface area contributed by atoms with Crippen molar-refractivity contribution in [2.75, 3.05) is 36.6 Å². The summed E-state index contributed by atoms with van der Waals surface area (Å²) >= 11 is 0. The number of imidazole rings is 3. The standard InChI is InChI=1S/C41H58FN5O5.C26H36FN5O5.C20H24FN5O5/c1-8-41(21-48)32(49)20-33(52-41)47-22-43-34-35(44-37(42)46-36(34)47)45-38(50)51-27-15-17-39(6)26(19-27)11-12-28-30-14-13-29(40(30,7)18-16-31(28)39)25(5)10-9-24(4)23(2)3;1-4-7-9-11-13-20(33)35-16-26(6-3)18(36-21(34)14-12-10-8-5-2)15-19(37-26)32-17-29-22-23(28)30-25(27)31-24(22)32;1-6-20(8-29-17(27)10(2)3)12(30-18(28)11(4)5)7-13(31-20)26-9-23-14-15(22)24-19(21)25-16(14)26/h1,11,22-25,27-33,48-49H,9-10,12-21H2,2-7H3,(H,44,45,46,50);3,17-19H,4-5,7-16H2,1-2H3,(H2,28,30,31);1,9-13H,7-8H2,2-5H3,(H2,22,24,25)/t24-,25-,27+,28+,29-,30+,31+,32+,33-,39+,40-,41-;18-,19+,26+;12-,13+,20+/m100/s1. The predicted octanol–water partition coefficient (Wildman–Crippen LogP) is 13.7. The number of nitrogens with one attached hydrogen (secondary N) is 1. The summed E-state index contributed by atoms with van der Waals surface area (Å²) in [4.78, 5) is 97.3. The molecule has 7 N–H and O–H groups in total. The van der Waals surface area contributed by atoms with Crippen LogP contribution in [0.25, 0.3) is 33.5 Å². The molecule has 9 heterocycles. The Morgan fingerprint density at radius 1 is 0.608 bits per heavy atom. The average Bonchev–Trinajstić information content (AvgIpc) is 1.36. The van der Waals surface area contributed by atoms with Crippen LogP contribution in [-0.4, -0.2) is 160 Å². The van der Waals surface area contributed by atoms with Crippen LogP contribution in [0.15, 0.2) is 30.6 Å². The first-order valence-electron chi connectivity index (χ1n) is 42.5. The number of nitrogens with zero attached hydrogens (tertiary/aromatic N) is 12. The first kappa shape index (κ1) is 91.2. The Morgan fingerprint density at radius 2 is 1.12 bits per heavy atom. The van der Waals surface area contributed by atoms with E-state index in [1.54, 1.807) is 27.7 Å². The van der Waals surface area contributed by atoms with Crippen molar-refractivity contribution in [1.82, 2.24) is 58.6 Å². The maximum atomic E-state index is 14.7. The van der Waals surface area contributed by atoms with Crippen LogP contribution in [0.1, 0.15) is 249 Å². The lowest BCUT2D eigenvalue weighted by molar-refractivity contribution is -0.170. The van der Waals surface area contributed by atoms with Crippen LogP contribution in [0.5, 0.6) is 0 Å². The quantitative estimate of drug-likeness (QED) is 0.00727. The number of terminal acetylenes is 3. The minimum Gasteiger partial charge on any atom is -0.461 e. The molecule has 7 aliphatic rings. The molecule has 0 spiro atoms. The second kappa shape index (κ2) is 38.6. The molecule has 6 aromatic rings. The number of esters is 4. The number of carbonyl (C=O) groups excluding carboxylic acids is 5. The number of fused-ring (bicyclic) bond motifs is 8. The highest BCUT2D eigenvalue weighted by molar-refractivity contribution is 5.93. The fourth-order valence-electron chi connectivity index (χ4n) is 18.9. The molecule has 120 heavy (non-hydrogen) atoms. The molecule has 3 saturated heterocycles. The zero-order chi connectivity index (χ0) is 86.9. The SMILES string of the molecule is C#C[C@]1(CO)O[C@@H](n2cnc3c(NC(=O)O[C@H]4CC[C@@]5(C)C(=CC[C@H]6[C@@H]7CC[C@H]([C@H](C)CC[C@@H](C)C(C)C)[C@@]7(C)CC[C@@H]65)C4)nc(F)nc32)C[C@@H]1O.C#C[C@]1(COC(=O)C(C)C)O[C@@H](n2cnc3c(N)nc(F)nc32)C[C@@H]1OC(=O)C(C)C.C#C[C@]1(COC(=O)CCCCCC)O[C@@H](n2cnc3c(N)nc(F)nc32)C[C@@H]1OC(=O)CCCCCC. The van der Waals surface area contributed by atoms with E-state index in [1.165, 1.54) is 76.8 Å². The third kappa shape index (κ3) is 19.5. The number of hydrogen-bond acceptors (Lipinski definition) is 26. The van der Waals surface area contributed by atoms with Crippen LogP contribution >= 0.6 is 0 Å². The molecule has 0 bridgehead atoms. The molecular formula is C87H118F3N15O15. The number of nitrogen functional groups attached to an aromatic ring is 2. The fourth-order valence-corrected chi connectivity index (χ4v) is 18.9. The molecule has 33 heteroatoms. The second-order valence-corrected chi connectivity index (χ2v) is 35.0. The topological polar surface area (TPSA) is 395 Å². The Kier molecular flexibility index (Phi) is 29.4. The first-order chi connectivity index (χ1) is 57.1. The Hall–Kier alpha value is -9.59. The second-order valence-electron chi connectivity index (χ2n) is 35.0. The highest BCUT2D eigenvalue weighted by atomic mass is 19.1. The van der Waals surface area contributed by atoms with Gasteiger partial charge in [-0.2, -0.15) is 43.1 Å². The molecule has 3 saturated carbocycles. The van der Waals surface area contributed by atoms with Crippen LogP contribution in [0, 0.1) is 119 Å². The summed E-state index contributed by atoms with van der Waals surface area (Å²) < 4.78 is 92.8. The van der Waals surface area contributed by atoms with Gasteiger partial charge in [-0.05, 0) is 110 Å². The molecule has 6 aromatic heterocycles. The molecule has 30 nitrogen and oxygen atoms in total. The molecule has 1 amide bonds. The Morgan fingerprint density at radius 3 is 1.66 bits per heavy atom. The van der Waals surface area contributed by atoms with Gasteiger partial charge in [0, 0.05) is 38.5 Å². The van der Waals surface area contributed by atoms with E-state index in [0.29, 0.717) is 30.6 Å². The van der Waals surface area contributed by atoms with Crippen molar-refractivity contribution in [3.63, 3.8) is 0 Å². The summed E-state index contributed by atoms with van der Waals surface area (Å²) in [6.45, 7) is 24.4. The number of allylic oxidation sites excluding steroid dienone is 1. The third-order valence-corrected chi connectivity index (χ3v) is 26.4. The van der Waals surface area contributed by atoms with Gasteiger partial charge >= 0.3 is 48.2 Å². The van der Waals surface area contributed by atoms with E-state index in [4.69, 9.17) is 68.6 Å². The summed E-state index contributed by atoms with van der Waals surface area (Å²) in [7, 11) is 0. The van der Waals surface area contributed by atoms with E-state index in [0.717, 1.165) is 93.3 Å². The van der Waals surface area contributed by atoms with Crippen LogP contribution in [-0.2, 0) is 57.1 Å². The molecule has 13 rings (SSSR count). The molecular weight excluding hydrogens is 1550 g/mol. The predicted molar refractivity (Wildman–Crippen MR) is 437 cm³/mol. The van der Waals surface area contributed by atoms with Crippen molar-refractivity contribution in [1.29, 1.82) is 0 Å². The van der Waals surface area contributed by atoms with Crippen molar-refractivity contribution in [3.8, 4) is 37.0 Å². The first-order valence-corrected chi connectivity index (χ1v) is 42.5. The van der Waals surface area contributed by atoms with Gasteiger partial charge in [0.25, 0.3) is 0 Å². The average molecular weight is 1670 g/mol. The largest absolute Gasteiger partial charge is 0.461 e. The number of carbonyl (C=O) groups is 5. The van der Waals surface area contributed by atoms with Gasteiger partial charge in [0.1, 0.15) is 56.3 Å². The normalized spacial score (nSPS) is 29.1. The number of unbranched alkanes of at least 4 members (excludes halogenated alkanes) is 6. The lowest BCUT2D eigenvalue weighted by atomic mass is 9.47. The van der Waals surface area contributed by atoms with Crippen molar-refractivity contribution in [2.24, 2.45) is 64.1 Å². The summed E-state index contributed by atoms with van der Waals surface area (Å²) in [6.07, 6.45) is 33.9. The molecule has 18 atom stereocenters. The zero-order valence-electron chi connectivity index (χ0n) is 71.0. The number of hydrogen-bond donors (Lipinski definition) is 5. The molecule has 6 fully saturated rings. The van der Waals surface area contributed by atoms with Crippen molar-refractivity contribution < 1.29 is 85.3 Å². The fraction of sp³-hybridized carbons (Fsp3) is 0.678. The van der Waals surface area contributed by atoms with E-state index in [1.807, 2.05) is 0 Å². The van der Waals surface area contributed by atoms with Gasteiger partial charge < -0.3 is 59.6 Å². The van der Waals surface area contributed by atoms with Gasteiger partial charge in [0.05, 0.1) is 37.4 Å². The molecule has 652 valence electrons. The van der Waals surface area contributed by atoms with Crippen LogP contribution < -0.4 is 16.8 Å². The molecule has 0 aromatic carbocycles. The summed E-state index contributed by atoms with van der Waals surface area (Å²) in [5.74, 6) is 9.71. The van der Waals surface area contributed by atoms with Gasteiger partial charge in [-0.15, -0.1) is 19.3 Å².